The van der Waals surface area contributed by atoms with Crippen LogP contribution in [0.15, 0.2) is 102 Å². The molecule has 0 aliphatic carbocycles. The smallest absolute Gasteiger partial charge is 0.251 e. The van der Waals surface area contributed by atoms with Crippen molar-refractivity contribution in [3.05, 3.63) is 129 Å². The zero-order valence-electron chi connectivity index (χ0n) is 23.3. The summed E-state index contributed by atoms with van der Waals surface area (Å²) < 4.78 is 3.30. The summed E-state index contributed by atoms with van der Waals surface area (Å²) in [6.45, 7) is 11.7. The molecule has 0 saturated heterocycles. The molecule has 5 aromatic rings. The molecule has 0 unspecified atom stereocenters. The Hall–Kier alpha value is -3.63. The van der Waals surface area contributed by atoms with Crippen LogP contribution in [0.1, 0.15) is 66.3 Å². The van der Waals surface area contributed by atoms with E-state index in [4.69, 9.17) is 0 Å². The van der Waals surface area contributed by atoms with Gasteiger partial charge in [0.15, 0.2) is 0 Å². The molecular weight excluding hydrogens is 544 g/mol. The average molecular weight is 580 g/mol. The fourth-order valence-corrected chi connectivity index (χ4v) is 5.50. The zero-order chi connectivity index (χ0) is 27.7. The molecule has 4 heteroatoms. The SMILES string of the molecule is Cc1cn(Cc2ccc(-c3ccccc3C(C)(C)C)cc2)c2ccc(C(=O)N[C@@H](C)c3ccc(Br)cc3)cc12. The van der Waals surface area contributed by atoms with Crippen molar-refractivity contribution in [2.24, 2.45) is 0 Å². The first-order chi connectivity index (χ1) is 18.6. The van der Waals surface area contributed by atoms with Gasteiger partial charge in [0, 0.05) is 33.7 Å². The second kappa shape index (κ2) is 10.9. The first kappa shape index (κ1) is 27.0. The summed E-state index contributed by atoms with van der Waals surface area (Å²) in [4.78, 5) is 13.1. The van der Waals surface area contributed by atoms with Crippen molar-refractivity contribution in [2.75, 3.05) is 0 Å². The number of aromatic nitrogens is 1. The third-order valence-electron chi connectivity index (χ3n) is 7.41. The van der Waals surface area contributed by atoms with Crippen molar-refractivity contribution in [1.82, 2.24) is 9.88 Å². The van der Waals surface area contributed by atoms with Crippen LogP contribution >= 0.6 is 15.9 Å². The number of rotatable bonds is 6. The van der Waals surface area contributed by atoms with Crippen LogP contribution in [0.4, 0.5) is 0 Å². The molecule has 1 heterocycles. The lowest BCUT2D eigenvalue weighted by Gasteiger charge is -2.23. The maximum atomic E-state index is 13.1. The van der Waals surface area contributed by atoms with E-state index < -0.39 is 0 Å². The van der Waals surface area contributed by atoms with Crippen molar-refractivity contribution in [3.63, 3.8) is 0 Å². The second-order valence-corrected chi connectivity index (χ2v) is 12.3. The molecular formula is C35H35BrN2O. The van der Waals surface area contributed by atoms with Gasteiger partial charge in [-0.25, -0.2) is 0 Å². The summed E-state index contributed by atoms with van der Waals surface area (Å²) in [5.41, 5.74) is 9.26. The number of nitrogens with one attached hydrogen (secondary N) is 1. The molecule has 1 aromatic heterocycles. The first-order valence-corrected chi connectivity index (χ1v) is 14.2. The Kier molecular flexibility index (Phi) is 7.51. The minimum atomic E-state index is -0.0784. The minimum Gasteiger partial charge on any atom is -0.346 e. The molecule has 0 saturated carbocycles. The Bertz CT molecular complexity index is 1620. The predicted octanol–water partition coefficient (Wildman–Crippen LogP) is 9.22. The first-order valence-electron chi connectivity index (χ1n) is 13.4. The summed E-state index contributed by atoms with van der Waals surface area (Å²) >= 11 is 3.47. The van der Waals surface area contributed by atoms with Gasteiger partial charge >= 0.3 is 0 Å². The topological polar surface area (TPSA) is 34.0 Å². The van der Waals surface area contributed by atoms with Crippen LogP contribution in [0.25, 0.3) is 22.0 Å². The molecule has 4 aromatic carbocycles. The third-order valence-corrected chi connectivity index (χ3v) is 7.94. The van der Waals surface area contributed by atoms with E-state index in [2.05, 4.69) is 114 Å². The van der Waals surface area contributed by atoms with Gasteiger partial charge in [-0.3, -0.25) is 4.79 Å². The van der Waals surface area contributed by atoms with E-state index in [-0.39, 0.29) is 17.4 Å². The molecule has 0 radical (unpaired) electrons. The fourth-order valence-electron chi connectivity index (χ4n) is 5.24. The van der Waals surface area contributed by atoms with Gasteiger partial charge in [-0.2, -0.15) is 0 Å². The van der Waals surface area contributed by atoms with Crippen molar-refractivity contribution in [2.45, 2.75) is 52.6 Å². The molecule has 39 heavy (non-hydrogen) atoms. The number of carbonyl (C=O) groups excluding carboxylic acids is 1. The van der Waals surface area contributed by atoms with Gasteiger partial charge in [0.05, 0.1) is 6.04 Å². The van der Waals surface area contributed by atoms with Crippen LogP contribution in [0.3, 0.4) is 0 Å². The molecule has 198 valence electrons. The number of benzene rings is 4. The van der Waals surface area contributed by atoms with Gasteiger partial charge in [-0.05, 0) is 83.0 Å². The molecule has 0 aliphatic heterocycles. The standard InChI is InChI=1S/C35H35BrN2O/c1-23-21-38(22-25-10-12-27(13-11-25)30-8-6-7-9-32(30)35(3,4)5)33-19-16-28(20-31(23)33)34(39)37-24(2)26-14-17-29(36)18-15-26/h6-21,24H,22H2,1-5H3,(H,37,39)/t24-/m0/s1. The largest absolute Gasteiger partial charge is 0.346 e. The van der Waals surface area contributed by atoms with E-state index in [9.17, 15) is 4.79 Å². The Morgan fingerprint density at radius 3 is 2.31 bits per heavy atom. The van der Waals surface area contributed by atoms with E-state index in [1.165, 1.54) is 22.3 Å². The molecule has 3 nitrogen and oxygen atoms in total. The zero-order valence-corrected chi connectivity index (χ0v) is 24.8. The summed E-state index contributed by atoms with van der Waals surface area (Å²) in [7, 11) is 0. The Labute approximate surface area is 240 Å². The number of halogens is 1. The van der Waals surface area contributed by atoms with Gasteiger partial charge < -0.3 is 9.88 Å². The van der Waals surface area contributed by atoms with E-state index in [0.717, 1.165) is 33.0 Å². The fraction of sp³-hybridized carbons (Fsp3) is 0.229. The number of nitrogens with zero attached hydrogens (tertiary/aromatic N) is 1. The van der Waals surface area contributed by atoms with Crippen molar-refractivity contribution in [1.29, 1.82) is 0 Å². The number of carbonyl (C=O) groups is 1. The van der Waals surface area contributed by atoms with E-state index >= 15 is 0 Å². The van der Waals surface area contributed by atoms with Crippen molar-refractivity contribution < 1.29 is 4.79 Å². The summed E-state index contributed by atoms with van der Waals surface area (Å²) in [6, 6.07) is 31.6. The van der Waals surface area contributed by atoms with Gasteiger partial charge in [-0.1, -0.05) is 97.4 Å². The van der Waals surface area contributed by atoms with Crippen LogP contribution in [0.5, 0.6) is 0 Å². The highest BCUT2D eigenvalue weighted by Gasteiger charge is 2.18. The summed E-state index contributed by atoms with van der Waals surface area (Å²) in [6.07, 6.45) is 2.18. The Morgan fingerprint density at radius 1 is 0.923 bits per heavy atom. The van der Waals surface area contributed by atoms with E-state index in [0.29, 0.717) is 5.56 Å². The Balaban J connectivity index is 1.34. The van der Waals surface area contributed by atoms with Crippen LogP contribution in [0.2, 0.25) is 0 Å². The molecule has 0 fully saturated rings. The Morgan fingerprint density at radius 2 is 1.62 bits per heavy atom. The highest BCUT2D eigenvalue weighted by Crippen LogP contribution is 2.33. The number of hydrogen-bond donors (Lipinski definition) is 1. The lowest BCUT2D eigenvalue weighted by Crippen LogP contribution is -2.26. The van der Waals surface area contributed by atoms with Crippen molar-refractivity contribution in [3.8, 4) is 11.1 Å². The number of fused-ring (bicyclic) bond motifs is 1. The van der Waals surface area contributed by atoms with Crippen LogP contribution in [-0.2, 0) is 12.0 Å². The van der Waals surface area contributed by atoms with Crippen LogP contribution in [0, 0.1) is 6.92 Å². The van der Waals surface area contributed by atoms with Crippen LogP contribution in [-0.4, -0.2) is 10.5 Å². The van der Waals surface area contributed by atoms with Crippen molar-refractivity contribution >= 4 is 32.7 Å². The molecule has 5 rings (SSSR count). The second-order valence-electron chi connectivity index (χ2n) is 11.4. The lowest BCUT2D eigenvalue weighted by atomic mass is 9.82. The molecule has 1 atom stereocenters. The highest BCUT2D eigenvalue weighted by molar-refractivity contribution is 9.10. The van der Waals surface area contributed by atoms with Gasteiger partial charge in [-0.15, -0.1) is 0 Å². The quantitative estimate of drug-likeness (QED) is 0.214. The van der Waals surface area contributed by atoms with E-state index in [1.807, 2.05) is 43.3 Å². The molecule has 1 amide bonds. The third kappa shape index (κ3) is 5.86. The highest BCUT2D eigenvalue weighted by atomic mass is 79.9. The maximum absolute atomic E-state index is 13.1. The number of aryl methyl sites for hydroxylation is 1. The van der Waals surface area contributed by atoms with Crippen LogP contribution < -0.4 is 5.32 Å². The molecule has 0 aliphatic rings. The molecule has 0 spiro atoms. The van der Waals surface area contributed by atoms with Gasteiger partial charge in [0.25, 0.3) is 5.91 Å². The molecule has 0 bridgehead atoms. The van der Waals surface area contributed by atoms with Gasteiger partial charge in [0.1, 0.15) is 0 Å². The number of hydrogen-bond acceptors (Lipinski definition) is 1. The summed E-state index contributed by atoms with van der Waals surface area (Å²) in [5, 5.41) is 4.24. The summed E-state index contributed by atoms with van der Waals surface area (Å²) in [5.74, 6) is -0.0643. The van der Waals surface area contributed by atoms with Gasteiger partial charge in [0.2, 0.25) is 0 Å². The van der Waals surface area contributed by atoms with E-state index in [1.54, 1.807) is 0 Å². The average Bonchev–Trinajstić information content (AvgIpc) is 3.23. The minimum absolute atomic E-state index is 0.0643. The normalized spacial score (nSPS) is 12.5. The maximum Gasteiger partial charge on any atom is 0.251 e. The monoisotopic (exact) mass is 578 g/mol. The predicted molar refractivity (Wildman–Crippen MR) is 166 cm³/mol. The lowest BCUT2D eigenvalue weighted by molar-refractivity contribution is 0.0940. The number of amides is 1. The molecule has 1 N–H and O–H groups in total.